The number of carbonyl (C=O) groups is 2. The predicted octanol–water partition coefficient (Wildman–Crippen LogP) is 1.98. The summed E-state index contributed by atoms with van der Waals surface area (Å²) in [6.45, 7) is 1.95. The van der Waals surface area contributed by atoms with Crippen LogP contribution in [0.3, 0.4) is 0 Å². The number of amides is 1. The van der Waals surface area contributed by atoms with E-state index in [9.17, 15) is 19.1 Å². The van der Waals surface area contributed by atoms with Crippen LogP contribution in [-0.2, 0) is 4.79 Å². The second-order valence-corrected chi connectivity index (χ2v) is 5.38. The molecule has 0 spiro atoms. The van der Waals surface area contributed by atoms with E-state index in [4.69, 9.17) is 0 Å². The fourth-order valence-corrected chi connectivity index (χ4v) is 2.75. The van der Waals surface area contributed by atoms with Crippen LogP contribution in [0.1, 0.15) is 43.0 Å². The Kier molecular flexibility index (Phi) is 4.01. The Bertz CT molecular complexity index is 535. The highest BCUT2D eigenvalue weighted by atomic mass is 19.1. The molecule has 1 fully saturated rings. The molecular weight excluding hydrogens is 263 g/mol. The Balaban J connectivity index is 2.23. The van der Waals surface area contributed by atoms with E-state index in [-0.39, 0.29) is 11.5 Å². The minimum absolute atomic E-state index is 0.207. The molecule has 1 aromatic rings. The van der Waals surface area contributed by atoms with Crippen LogP contribution in [0.5, 0.6) is 0 Å². The Hall–Kier alpha value is -1.98. The number of carbonyl (C=O) groups excluding carboxylic acids is 1. The molecule has 0 aromatic carbocycles. The van der Waals surface area contributed by atoms with E-state index >= 15 is 0 Å². The Morgan fingerprint density at radius 3 is 2.90 bits per heavy atom. The first kappa shape index (κ1) is 14.4. The van der Waals surface area contributed by atoms with Gasteiger partial charge in [-0.15, -0.1) is 0 Å². The van der Waals surface area contributed by atoms with Crippen LogP contribution in [-0.4, -0.2) is 27.5 Å². The lowest BCUT2D eigenvalue weighted by atomic mass is 9.76. The molecule has 0 saturated heterocycles. The van der Waals surface area contributed by atoms with Gasteiger partial charge in [0.05, 0.1) is 5.56 Å². The third kappa shape index (κ3) is 2.79. The number of rotatable bonds is 3. The van der Waals surface area contributed by atoms with Crippen molar-refractivity contribution in [2.24, 2.45) is 5.92 Å². The first-order valence-electron chi connectivity index (χ1n) is 6.61. The molecule has 108 valence electrons. The van der Waals surface area contributed by atoms with Gasteiger partial charge in [0.25, 0.3) is 5.91 Å². The molecule has 5 nitrogen and oxygen atoms in total. The van der Waals surface area contributed by atoms with Crippen molar-refractivity contribution < 1.29 is 19.1 Å². The molecule has 20 heavy (non-hydrogen) atoms. The maximum absolute atomic E-state index is 13.5. The lowest BCUT2D eigenvalue weighted by Crippen LogP contribution is -2.56. The summed E-state index contributed by atoms with van der Waals surface area (Å²) in [5.41, 5.74) is -1.54. The Labute approximate surface area is 116 Å². The van der Waals surface area contributed by atoms with Crippen molar-refractivity contribution in [1.82, 2.24) is 10.3 Å². The fourth-order valence-electron chi connectivity index (χ4n) is 2.75. The predicted molar refractivity (Wildman–Crippen MR) is 69.7 cm³/mol. The SMILES string of the molecule is CC1CCCC(NC(=O)c2cccnc2F)(C(=O)O)C1. The van der Waals surface area contributed by atoms with Crippen LogP contribution in [0, 0.1) is 11.9 Å². The molecule has 1 heterocycles. The second kappa shape index (κ2) is 5.56. The largest absolute Gasteiger partial charge is 0.480 e. The van der Waals surface area contributed by atoms with E-state index in [2.05, 4.69) is 10.3 Å². The van der Waals surface area contributed by atoms with E-state index in [1.54, 1.807) is 0 Å². The summed E-state index contributed by atoms with van der Waals surface area (Å²) >= 11 is 0. The zero-order valence-electron chi connectivity index (χ0n) is 11.2. The fraction of sp³-hybridized carbons (Fsp3) is 0.500. The number of carboxylic acid groups (broad SMARTS) is 1. The first-order chi connectivity index (χ1) is 9.44. The van der Waals surface area contributed by atoms with Gasteiger partial charge < -0.3 is 10.4 Å². The van der Waals surface area contributed by atoms with Crippen molar-refractivity contribution >= 4 is 11.9 Å². The van der Waals surface area contributed by atoms with Gasteiger partial charge in [-0.05, 0) is 30.9 Å². The second-order valence-electron chi connectivity index (χ2n) is 5.38. The number of halogens is 1. The lowest BCUT2D eigenvalue weighted by molar-refractivity contribution is -0.146. The van der Waals surface area contributed by atoms with Crippen molar-refractivity contribution in [2.75, 3.05) is 0 Å². The molecule has 1 amide bonds. The molecule has 1 saturated carbocycles. The van der Waals surface area contributed by atoms with Crippen LogP contribution >= 0.6 is 0 Å². The number of nitrogens with one attached hydrogen (secondary N) is 1. The highest BCUT2D eigenvalue weighted by Crippen LogP contribution is 2.32. The van der Waals surface area contributed by atoms with Crippen LogP contribution in [0.2, 0.25) is 0 Å². The number of aromatic nitrogens is 1. The highest BCUT2D eigenvalue weighted by Gasteiger charge is 2.43. The maximum Gasteiger partial charge on any atom is 0.329 e. The molecule has 1 aliphatic carbocycles. The Morgan fingerprint density at radius 1 is 1.55 bits per heavy atom. The zero-order valence-corrected chi connectivity index (χ0v) is 11.2. The average molecular weight is 280 g/mol. The lowest BCUT2D eigenvalue weighted by Gasteiger charge is -2.37. The normalized spacial score (nSPS) is 26.0. The monoisotopic (exact) mass is 280 g/mol. The summed E-state index contributed by atoms with van der Waals surface area (Å²) in [7, 11) is 0. The van der Waals surface area contributed by atoms with E-state index < -0.39 is 23.4 Å². The van der Waals surface area contributed by atoms with E-state index in [0.717, 1.165) is 12.8 Å². The minimum atomic E-state index is -1.31. The van der Waals surface area contributed by atoms with Crippen LogP contribution in [0.4, 0.5) is 4.39 Å². The van der Waals surface area contributed by atoms with Crippen LogP contribution in [0.25, 0.3) is 0 Å². The molecule has 2 rings (SSSR count). The van der Waals surface area contributed by atoms with E-state index in [0.29, 0.717) is 12.8 Å². The number of aliphatic carboxylic acids is 1. The molecule has 0 aliphatic heterocycles. The first-order valence-corrected chi connectivity index (χ1v) is 6.61. The number of nitrogens with zero attached hydrogens (tertiary/aromatic N) is 1. The number of hydrogen-bond acceptors (Lipinski definition) is 3. The van der Waals surface area contributed by atoms with Gasteiger partial charge in [-0.2, -0.15) is 4.39 Å². The van der Waals surface area contributed by atoms with Crippen molar-refractivity contribution in [3.8, 4) is 0 Å². The van der Waals surface area contributed by atoms with Crippen molar-refractivity contribution in [3.05, 3.63) is 29.8 Å². The number of carboxylic acids is 1. The van der Waals surface area contributed by atoms with Crippen molar-refractivity contribution in [2.45, 2.75) is 38.1 Å². The maximum atomic E-state index is 13.5. The smallest absolute Gasteiger partial charge is 0.329 e. The van der Waals surface area contributed by atoms with Crippen molar-refractivity contribution in [1.29, 1.82) is 0 Å². The van der Waals surface area contributed by atoms with Gasteiger partial charge in [-0.1, -0.05) is 19.8 Å². The van der Waals surface area contributed by atoms with E-state index in [1.165, 1.54) is 18.3 Å². The molecule has 6 heteroatoms. The van der Waals surface area contributed by atoms with E-state index in [1.807, 2.05) is 6.92 Å². The number of pyridine rings is 1. The number of hydrogen-bond donors (Lipinski definition) is 2. The van der Waals surface area contributed by atoms with Gasteiger partial charge in [-0.3, -0.25) is 4.79 Å². The summed E-state index contributed by atoms with van der Waals surface area (Å²) in [5.74, 6) is -2.48. The summed E-state index contributed by atoms with van der Waals surface area (Å²) in [5, 5.41) is 11.9. The van der Waals surface area contributed by atoms with Gasteiger partial charge in [0.1, 0.15) is 5.54 Å². The minimum Gasteiger partial charge on any atom is -0.480 e. The molecular formula is C14H17FN2O3. The molecule has 0 bridgehead atoms. The Morgan fingerprint density at radius 2 is 2.30 bits per heavy atom. The van der Waals surface area contributed by atoms with Gasteiger partial charge >= 0.3 is 5.97 Å². The third-order valence-electron chi connectivity index (χ3n) is 3.76. The van der Waals surface area contributed by atoms with Crippen LogP contribution < -0.4 is 5.32 Å². The van der Waals surface area contributed by atoms with Gasteiger partial charge in [-0.25, -0.2) is 9.78 Å². The quantitative estimate of drug-likeness (QED) is 0.830. The standard InChI is InChI=1S/C14H17FN2O3/c1-9-4-2-6-14(8-9,13(19)20)17-12(18)10-5-3-7-16-11(10)15/h3,5,7,9H,2,4,6,8H2,1H3,(H,17,18)(H,19,20). The molecule has 2 unspecified atom stereocenters. The zero-order chi connectivity index (χ0) is 14.8. The summed E-state index contributed by atoms with van der Waals surface area (Å²) < 4.78 is 13.5. The molecule has 1 aromatic heterocycles. The topological polar surface area (TPSA) is 79.3 Å². The van der Waals surface area contributed by atoms with Gasteiger partial charge in [0.15, 0.2) is 0 Å². The van der Waals surface area contributed by atoms with Gasteiger partial charge in [0.2, 0.25) is 5.95 Å². The molecule has 2 N–H and O–H groups in total. The summed E-state index contributed by atoms with van der Waals surface area (Å²) in [6.07, 6.45) is 3.62. The van der Waals surface area contributed by atoms with Gasteiger partial charge in [0, 0.05) is 6.20 Å². The van der Waals surface area contributed by atoms with Crippen molar-refractivity contribution in [3.63, 3.8) is 0 Å². The third-order valence-corrected chi connectivity index (χ3v) is 3.76. The van der Waals surface area contributed by atoms with Crippen LogP contribution in [0.15, 0.2) is 18.3 Å². The molecule has 1 aliphatic rings. The summed E-state index contributed by atoms with van der Waals surface area (Å²) in [4.78, 5) is 27.0. The molecule has 2 atom stereocenters. The summed E-state index contributed by atoms with van der Waals surface area (Å²) in [6, 6.07) is 2.73. The highest BCUT2D eigenvalue weighted by molar-refractivity contribution is 5.97. The molecule has 0 radical (unpaired) electrons. The average Bonchev–Trinajstić information content (AvgIpc) is 2.38.